The first-order chi connectivity index (χ1) is 11.7. The molecule has 1 aliphatic heterocycles. The fraction of sp³-hybridized carbons (Fsp3) is 0.389. The molecule has 3 heterocycles. The number of hydrogen-bond donors (Lipinski definition) is 0. The number of fused-ring (bicyclic) bond motifs is 1. The second-order valence-electron chi connectivity index (χ2n) is 6.66. The van der Waals surface area contributed by atoms with E-state index in [1.807, 2.05) is 12.5 Å². The van der Waals surface area contributed by atoms with Crippen molar-refractivity contribution in [1.82, 2.24) is 24.6 Å². The van der Waals surface area contributed by atoms with Crippen molar-refractivity contribution in [3.8, 4) is 11.4 Å². The van der Waals surface area contributed by atoms with E-state index in [1.165, 1.54) is 11.3 Å². The summed E-state index contributed by atoms with van der Waals surface area (Å²) >= 11 is 0. The van der Waals surface area contributed by atoms with Crippen LogP contribution in [0.5, 0.6) is 0 Å². The molecule has 24 heavy (non-hydrogen) atoms. The van der Waals surface area contributed by atoms with Gasteiger partial charge in [0.15, 0.2) is 0 Å². The molecule has 0 saturated carbocycles. The Balaban J connectivity index is 1.51. The molecule has 0 radical (unpaired) electrons. The predicted octanol–water partition coefficient (Wildman–Crippen LogP) is 2.72. The van der Waals surface area contributed by atoms with E-state index in [0.29, 0.717) is 5.82 Å². The maximum Gasteiger partial charge on any atom is 0.231 e. The third kappa shape index (κ3) is 2.97. The van der Waals surface area contributed by atoms with Crippen molar-refractivity contribution in [2.75, 3.05) is 14.1 Å². The van der Waals surface area contributed by atoms with Crippen molar-refractivity contribution in [3.63, 3.8) is 0 Å². The number of benzene rings is 1. The average Bonchev–Trinajstić information content (AvgIpc) is 3.23. The van der Waals surface area contributed by atoms with Crippen LogP contribution in [-0.2, 0) is 19.5 Å². The lowest BCUT2D eigenvalue weighted by Gasteiger charge is -2.20. The Hall–Kier alpha value is -2.47. The van der Waals surface area contributed by atoms with Gasteiger partial charge in [-0.15, -0.1) is 0 Å². The van der Waals surface area contributed by atoms with Gasteiger partial charge >= 0.3 is 0 Å². The normalized spacial score (nSPS) is 17.2. The Morgan fingerprint density at radius 3 is 2.88 bits per heavy atom. The van der Waals surface area contributed by atoms with Crippen LogP contribution in [0.25, 0.3) is 11.4 Å². The largest absolute Gasteiger partial charge is 0.339 e. The highest BCUT2D eigenvalue weighted by molar-refractivity contribution is 5.54. The average molecular weight is 323 g/mol. The number of aromatic nitrogens is 4. The van der Waals surface area contributed by atoms with Crippen molar-refractivity contribution >= 4 is 0 Å². The van der Waals surface area contributed by atoms with Crippen molar-refractivity contribution in [3.05, 3.63) is 53.9 Å². The first kappa shape index (κ1) is 15.1. The quantitative estimate of drug-likeness (QED) is 0.739. The molecule has 6 nitrogen and oxygen atoms in total. The molecular formula is C18H21N5O. The molecular weight excluding hydrogens is 302 g/mol. The van der Waals surface area contributed by atoms with Gasteiger partial charge in [-0.1, -0.05) is 29.4 Å². The summed E-state index contributed by atoms with van der Waals surface area (Å²) in [5.74, 6) is 1.65. The van der Waals surface area contributed by atoms with Gasteiger partial charge in [0, 0.05) is 30.5 Å². The van der Waals surface area contributed by atoms with Crippen LogP contribution < -0.4 is 0 Å². The highest BCUT2D eigenvalue weighted by Gasteiger charge is 2.25. The third-order valence-corrected chi connectivity index (χ3v) is 4.47. The standard InChI is InChI=1S/C18H21N5O/c1-22(2)10-13-3-5-14(6-4-13)17-20-18(24-21-17)15-7-8-16-9-19-12-23(16)11-15/h3-6,9,12,15H,7-8,10-11H2,1-2H3. The zero-order valence-electron chi connectivity index (χ0n) is 14.0. The molecule has 1 aromatic carbocycles. The molecule has 4 rings (SSSR count). The van der Waals surface area contributed by atoms with Crippen LogP contribution in [0.1, 0.15) is 29.5 Å². The lowest BCUT2D eigenvalue weighted by atomic mass is 9.98. The van der Waals surface area contributed by atoms with Gasteiger partial charge in [-0.25, -0.2) is 4.98 Å². The van der Waals surface area contributed by atoms with Crippen molar-refractivity contribution < 1.29 is 4.52 Å². The lowest BCUT2D eigenvalue weighted by Crippen LogP contribution is -2.17. The van der Waals surface area contributed by atoms with Crippen LogP contribution in [0.4, 0.5) is 0 Å². The van der Waals surface area contributed by atoms with Crippen LogP contribution in [0, 0.1) is 0 Å². The summed E-state index contributed by atoms with van der Waals surface area (Å²) in [4.78, 5) is 11.0. The molecule has 0 N–H and O–H groups in total. The second kappa shape index (κ2) is 6.20. The zero-order chi connectivity index (χ0) is 16.5. The molecule has 1 aliphatic rings. The number of rotatable bonds is 4. The van der Waals surface area contributed by atoms with Crippen LogP contribution in [-0.4, -0.2) is 38.7 Å². The molecule has 3 aromatic rings. The first-order valence-corrected chi connectivity index (χ1v) is 8.25. The molecule has 0 bridgehead atoms. The fourth-order valence-corrected chi connectivity index (χ4v) is 3.22. The van der Waals surface area contributed by atoms with Gasteiger partial charge in [-0.05, 0) is 32.5 Å². The van der Waals surface area contributed by atoms with E-state index >= 15 is 0 Å². The minimum atomic E-state index is 0.265. The Bertz CT molecular complexity index is 818. The van der Waals surface area contributed by atoms with E-state index < -0.39 is 0 Å². The van der Waals surface area contributed by atoms with Gasteiger partial charge < -0.3 is 14.0 Å². The van der Waals surface area contributed by atoms with Gasteiger partial charge in [0.25, 0.3) is 0 Å². The number of hydrogen-bond acceptors (Lipinski definition) is 5. The molecule has 0 spiro atoms. The molecule has 0 saturated heterocycles. The second-order valence-corrected chi connectivity index (χ2v) is 6.66. The van der Waals surface area contributed by atoms with Crippen molar-refractivity contribution in [2.45, 2.75) is 31.8 Å². The van der Waals surface area contributed by atoms with Gasteiger partial charge in [0.2, 0.25) is 11.7 Å². The fourth-order valence-electron chi connectivity index (χ4n) is 3.22. The third-order valence-electron chi connectivity index (χ3n) is 4.47. The summed E-state index contributed by atoms with van der Waals surface area (Å²) < 4.78 is 7.72. The highest BCUT2D eigenvalue weighted by Crippen LogP contribution is 2.29. The molecule has 1 atom stereocenters. The van der Waals surface area contributed by atoms with E-state index in [9.17, 15) is 0 Å². The topological polar surface area (TPSA) is 60.0 Å². The van der Waals surface area contributed by atoms with E-state index in [-0.39, 0.29) is 5.92 Å². The minimum Gasteiger partial charge on any atom is -0.339 e. The van der Waals surface area contributed by atoms with E-state index in [0.717, 1.165) is 37.4 Å². The summed E-state index contributed by atoms with van der Waals surface area (Å²) in [6, 6.07) is 8.35. The molecule has 124 valence electrons. The van der Waals surface area contributed by atoms with Gasteiger partial charge in [0.05, 0.1) is 12.2 Å². The Kier molecular flexibility index (Phi) is 3.90. The maximum atomic E-state index is 5.54. The summed E-state index contributed by atoms with van der Waals surface area (Å²) in [7, 11) is 4.13. The first-order valence-electron chi connectivity index (χ1n) is 8.25. The lowest BCUT2D eigenvalue weighted by molar-refractivity contribution is 0.318. The Morgan fingerprint density at radius 2 is 2.08 bits per heavy atom. The van der Waals surface area contributed by atoms with Crippen LogP contribution in [0.3, 0.4) is 0 Å². The number of aryl methyl sites for hydroxylation is 1. The highest BCUT2D eigenvalue weighted by atomic mass is 16.5. The number of nitrogens with zero attached hydrogens (tertiary/aromatic N) is 5. The van der Waals surface area contributed by atoms with Crippen molar-refractivity contribution in [1.29, 1.82) is 0 Å². The zero-order valence-corrected chi connectivity index (χ0v) is 14.0. The monoisotopic (exact) mass is 323 g/mol. The molecule has 2 aromatic heterocycles. The summed E-state index contributed by atoms with van der Waals surface area (Å²) in [5.41, 5.74) is 3.54. The summed E-state index contributed by atoms with van der Waals surface area (Å²) in [6.45, 7) is 1.78. The maximum absolute atomic E-state index is 5.54. The smallest absolute Gasteiger partial charge is 0.231 e. The van der Waals surface area contributed by atoms with E-state index in [2.05, 4.69) is 63.0 Å². The Morgan fingerprint density at radius 1 is 1.25 bits per heavy atom. The van der Waals surface area contributed by atoms with Crippen LogP contribution in [0.2, 0.25) is 0 Å². The SMILES string of the molecule is CN(C)Cc1ccc(-c2noc(C3CCc4cncn4C3)n2)cc1. The molecule has 0 fully saturated rings. The molecule has 0 amide bonds. The Labute approximate surface area is 141 Å². The van der Waals surface area contributed by atoms with Crippen LogP contribution in [0.15, 0.2) is 41.3 Å². The van der Waals surface area contributed by atoms with Gasteiger partial charge in [0.1, 0.15) is 0 Å². The minimum absolute atomic E-state index is 0.265. The van der Waals surface area contributed by atoms with Gasteiger partial charge in [-0.3, -0.25) is 0 Å². The van der Waals surface area contributed by atoms with Crippen molar-refractivity contribution in [2.24, 2.45) is 0 Å². The van der Waals surface area contributed by atoms with E-state index in [4.69, 9.17) is 4.52 Å². The molecule has 0 aliphatic carbocycles. The molecule has 6 heteroatoms. The predicted molar refractivity (Wildman–Crippen MR) is 90.4 cm³/mol. The van der Waals surface area contributed by atoms with E-state index in [1.54, 1.807) is 0 Å². The summed E-state index contributed by atoms with van der Waals surface area (Å²) in [5, 5.41) is 4.17. The molecule has 1 unspecified atom stereocenters. The van der Waals surface area contributed by atoms with Gasteiger partial charge in [-0.2, -0.15) is 4.98 Å². The number of imidazole rings is 1. The van der Waals surface area contributed by atoms with Crippen LogP contribution >= 0.6 is 0 Å². The summed E-state index contributed by atoms with van der Waals surface area (Å²) in [6.07, 6.45) is 5.84.